The van der Waals surface area contributed by atoms with Gasteiger partial charge in [0.1, 0.15) is 0 Å². The molecule has 0 aromatic heterocycles. The van der Waals surface area contributed by atoms with Crippen molar-refractivity contribution >= 4 is 27.6 Å². The number of benzene rings is 4. The van der Waals surface area contributed by atoms with E-state index in [0.717, 1.165) is 12.0 Å². The second-order valence-corrected chi connectivity index (χ2v) is 7.27. The summed E-state index contributed by atoms with van der Waals surface area (Å²) in [4.78, 5) is 3.49. The Kier molecular flexibility index (Phi) is 2.79. The van der Waals surface area contributed by atoms with E-state index in [1.54, 1.807) is 0 Å². The van der Waals surface area contributed by atoms with Gasteiger partial charge >= 0.3 is 0 Å². The van der Waals surface area contributed by atoms with Crippen LogP contribution >= 0.6 is 0 Å². The third kappa shape index (κ3) is 1.93. The molecule has 124 valence electrons. The maximum absolute atomic E-state index is 7.14. The van der Waals surface area contributed by atoms with Gasteiger partial charge in [0, 0.05) is 0 Å². The maximum atomic E-state index is 7.14. The second-order valence-electron chi connectivity index (χ2n) is 7.27. The number of nitrogens with zero attached hydrogens (tertiary/aromatic N) is 1. The molecule has 0 N–H and O–H groups in total. The number of fused-ring (bicyclic) bond motifs is 4. The van der Waals surface area contributed by atoms with E-state index in [1.165, 1.54) is 49.7 Å². The van der Waals surface area contributed by atoms with Gasteiger partial charge in [-0.3, -0.25) is 0 Å². The molecule has 0 bridgehead atoms. The Morgan fingerprint density at radius 2 is 1.44 bits per heavy atom. The quantitative estimate of drug-likeness (QED) is 0.332. The van der Waals surface area contributed by atoms with Gasteiger partial charge in [-0.15, -0.1) is 0 Å². The summed E-state index contributed by atoms with van der Waals surface area (Å²) < 4.78 is 0. The molecule has 0 heterocycles. The minimum atomic E-state index is 0.683. The Balaban J connectivity index is 1.55. The molecular formula is C26H15N. The van der Waals surface area contributed by atoms with Crippen LogP contribution in [0.5, 0.6) is 0 Å². The first-order valence-corrected chi connectivity index (χ1v) is 9.20. The van der Waals surface area contributed by atoms with Crippen molar-refractivity contribution in [3.05, 3.63) is 113 Å². The third-order valence-electron chi connectivity index (χ3n) is 5.88. The van der Waals surface area contributed by atoms with Gasteiger partial charge in [0.15, 0.2) is 5.69 Å². The Bertz CT molecular complexity index is 1330. The normalized spacial score (nSPS) is 13.6. The number of hydrogen-bond acceptors (Lipinski definition) is 0. The van der Waals surface area contributed by atoms with Gasteiger partial charge in [-0.05, 0) is 67.8 Å². The van der Waals surface area contributed by atoms with Crippen LogP contribution in [0.4, 0.5) is 5.69 Å². The molecule has 0 spiro atoms. The largest absolute Gasteiger partial charge is 0.238 e. The molecule has 0 unspecified atom stereocenters. The van der Waals surface area contributed by atoms with Crippen molar-refractivity contribution in [2.45, 2.75) is 6.42 Å². The lowest BCUT2D eigenvalue weighted by molar-refractivity contribution is 1.32. The summed E-state index contributed by atoms with van der Waals surface area (Å²) >= 11 is 0. The Morgan fingerprint density at radius 1 is 0.704 bits per heavy atom. The van der Waals surface area contributed by atoms with Crippen LogP contribution in [-0.4, -0.2) is 0 Å². The molecule has 2 aliphatic rings. The average molecular weight is 341 g/mol. The molecule has 0 radical (unpaired) electrons. The smallest absolute Gasteiger partial charge is 0.187 e. The summed E-state index contributed by atoms with van der Waals surface area (Å²) in [7, 11) is 0. The minimum absolute atomic E-state index is 0.683. The molecule has 0 saturated heterocycles. The van der Waals surface area contributed by atoms with Crippen molar-refractivity contribution in [1.29, 1.82) is 0 Å². The molecule has 6 rings (SSSR count). The SMILES string of the molecule is [C-]#[N+]c1ccc(-c2ccc3c(c2)C2=C(C3)c3cccc4cccc2c34)cc1. The maximum Gasteiger partial charge on any atom is 0.187 e. The standard InChI is InChI=1S/C26H15N/c1-27-20-12-10-16(11-13-20)18-8-9-19-15-24-21-6-2-4-17-5-3-7-22(25(17)21)26(24)23(19)14-18/h2-14H,15H2. The van der Waals surface area contributed by atoms with Gasteiger partial charge in [-0.2, -0.15) is 0 Å². The first-order chi connectivity index (χ1) is 13.3. The van der Waals surface area contributed by atoms with Gasteiger partial charge in [0.2, 0.25) is 0 Å². The Hall–Kier alpha value is -3.63. The van der Waals surface area contributed by atoms with Crippen molar-refractivity contribution in [3.8, 4) is 11.1 Å². The topological polar surface area (TPSA) is 4.36 Å². The fraction of sp³-hybridized carbons (Fsp3) is 0.0385. The molecule has 0 fully saturated rings. The Morgan fingerprint density at radius 3 is 2.22 bits per heavy atom. The van der Waals surface area contributed by atoms with Gasteiger partial charge in [-0.25, -0.2) is 4.85 Å². The highest BCUT2D eigenvalue weighted by Gasteiger charge is 2.31. The number of allylic oxidation sites excluding steroid dienone is 1. The highest BCUT2D eigenvalue weighted by molar-refractivity contribution is 6.19. The van der Waals surface area contributed by atoms with Crippen LogP contribution in [0.3, 0.4) is 0 Å². The van der Waals surface area contributed by atoms with Crippen molar-refractivity contribution < 1.29 is 0 Å². The van der Waals surface area contributed by atoms with Crippen molar-refractivity contribution in [1.82, 2.24) is 0 Å². The van der Waals surface area contributed by atoms with Crippen LogP contribution in [0.1, 0.15) is 22.3 Å². The van der Waals surface area contributed by atoms with Crippen LogP contribution in [0.25, 0.3) is 37.9 Å². The Labute approximate surface area is 158 Å². The van der Waals surface area contributed by atoms with Crippen LogP contribution in [-0.2, 0) is 6.42 Å². The van der Waals surface area contributed by atoms with E-state index in [-0.39, 0.29) is 0 Å². The lowest BCUT2D eigenvalue weighted by Gasteiger charge is -2.11. The van der Waals surface area contributed by atoms with E-state index in [1.807, 2.05) is 24.3 Å². The zero-order valence-corrected chi connectivity index (χ0v) is 14.7. The molecule has 2 aliphatic carbocycles. The third-order valence-corrected chi connectivity index (χ3v) is 5.88. The first kappa shape index (κ1) is 14.5. The summed E-state index contributed by atoms with van der Waals surface area (Å²) in [5, 5.41) is 2.73. The zero-order chi connectivity index (χ0) is 18.0. The lowest BCUT2D eigenvalue weighted by Crippen LogP contribution is -1.91. The molecule has 4 aromatic carbocycles. The summed E-state index contributed by atoms with van der Waals surface area (Å²) in [5.41, 5.74) is 11.5. The average Bonchev–Trinajstić information content (AvgIpc) is 3.25. The van der Waals surface area contributed by atoms with E-state index in [2.05, 4.69) is 59.4 Å². The van der Waals surface area contributed by atoms with Gasteiger partial charge < -0.3 is 0 Å². The first-order valence-electron chi connectivity index (χ1n) is 9.20. The monoisotopic (exact) mass is 341 g/mol. The molecule has 1 nitrogen and oxygen atoms in total. The predicted molar refractivity (Wildman–Crippen MR) is 112 cm³/mol. The molecule has 27 heavy (non-hydrogen) atoms. The zero-order valence-electron chi connectivity index (χ0n) is 14.7. The summed E-state index contributed by atoms with van der Waals surface area (Å²) in [6, 6.07) is 28.0. The predicted octanol–water partition coefficient (Wildman–Crippen LogP) is 6.89. The molecule has 4 aromatic rings. The highest BCUT2D eigenvalue weighted by atomic mass is 14.6. The van der Waals surface area contributed by atoms with Gasteiger partial charge in [0.25, 0.3) is 0 Å². The number of hydrogen-bond donors (Lipinski definition) is 0. The van der Waals surface area contributed by atoms with E-state index < -0.39 is 0 Å². The molecule has 0 saturated carbocycles. The van der Waals surface area contributed by atoms with Crippen LogP contribution in [0.15, 0.2) is 78.9 Å². The number of rotatable bonds is 1. The molecule has 0 aliphatic heterocycles. The van der Waals surface area contributed by atoms with E-state index in [4.69, 9.17) is 6.57 Å². The fourth-order valence-corrected chi connectivity index (χ4v) is 4.65. The molecule has 0 amide bonds. The van der Waals surface area contributed by atoms with Crippen molar-refractivity contribution in [3.63, 3.8) is 0 Å². The molecule has 0 atom stereocenters. The van der Waals surface area contributed by atoms with E-state index >= 15 is 0 Å². The summed E-state index contributed by atoms with van der Waals surface area (Å²) in [5.74, 6) is 0. The fourth-order valence-electron chi connectivity index (χ4n) is 4.65. The molecular weight excluding hydrogens is 326 g/mol. The van der Waals surface area contributed by atoms with Crippen molar-refractivity contribution in [2.75, 3.05) is 0 Å². The van der Waals surface area contributed by atoms with Crippen LogP contribution < -0.4 is 0 Å². The second kappa shape index (κ2) is 5.19. The minimum Gasteiger partial charge on any atom is -0.238 e. The van der Waals surface area contributed by atoms with Gasteiger partial charge in [-0.1, -0.05) is 72.8 Å². The summed E-state index contributed by atoms with van der Waals surface area (Å²) in [6.07, 6.45) is 1.01. The van der Waals surface area contributed by atoms with Crippen molar-refractivity contribution in [2.24, 2.45) is 0 Å². The lowest BCUT2D eigenvalue weighted by atomic mass is 9.93. The van der Waals surface area contributed by atoms with Crippen LogP contribution in [0, 0.1) is 6.57 Å². The summed E-state index contributed by atoms with van der Waals surface area (Å²) in [6.45, 7) is 7.14. The van der Waals surface area contributed by atoms with E-state index in [0.29, 0.717) is 5.69 Å². The highest BCUT2D eigenvalue weighted by Crippen LogP contribution is 2.51. The van der Waals surface area contributed by atoms with E-state index in [9.17, 15) is 0 Å². The molecule has 1 heteroatoms. The van der Waals surface area contributed by atoms with Gasteiger partial charge in [0.05, 0.1) is 6.57 Å². The van der Waals surface area contributed by atoms with Crippen LogP contribution in [0.2, 0.25) is 0 Å².